The second-order valence-electron chi connectivity index (χ2n) is 5.58. The van der Waals surface area contributed by atoms with Crippen LogP contribution in [0.4, 0.5) is 0 Å². The van der Waals surface area contributed by atoms with E-state index >= 15 is 0 Å². The van der Waals surface area contributed by atoms with Gasteiger partial charge in [-0.1, -0.05) is 18.9 Å². The molecule has 0 unspecified atom stereocenters. The Bertz CT molecular complexity index is 552. The maximum atomic E-state index is 11.8. The monoisotopic (exact) mass is 321 g/mol. The second-order valence-corrected chi connectivity index (χ2v) is 5.58. The summed E-state index contributed by atoms with van der Waals surface area (Å²) in [5, 5.41) is 2.88. The first-order valence-electron chi connectivity index (χ1n) is 7.78. The molecule has 6 heteroatoms. The quantitative estimate of drug-likeness (QED) is 0.776. The van der Waals surface area contributed by atoms with Gasteiger partial charge >= 0.3 is 5.97 Å². The van der Waals surface area contributed by atoms with Gasteiger partial charge in [-0.3, -0.25) is 9.59 Å². The molecule has 23 heavy (non-hydrogen) atoms. The largest absolute Gasteiger partial charge is 0.493 e. The molecule has 1 aliphatic carbocycles. The van der Waals surface area contributed by atoms with Gasteiger partial charge in [0.05, 0.1) is 20.6 Å². The lowest BCUT2D eigenvalue weighted by atomic mass is 10.1. The molecule has 1 aromatic carbocycles. The third kappa shape index (κ3) is 5.16. The molecular formula is C17H23NO5. The number of benzene rings is 1. The Morgan fingerprint density at radius 1 is 1.13 bits per heavy atom. The summed E-state index contributed by atoms with van der Waals surface area (Å²) in [6.45, 7) is -0.234. The second kappa shape index (κ2) is 8.41. The third-order valence-electron chi connectivity index (χ3n) is 3.88. The fourth-order valence-electron chi connectivity index (χ4n) is 2.69. The van der Waals surface area contributed by atoms with Crippen molar-refractivity contribution in [1.82, 2.24) is 5.32 Å². The number of amides is 1. The SMILES string of the molecule is COc1ccc(CC(=O)OCC(=O)NC2CCCC2)cc1OC. The van der Waals surface area contributed by atoms with Crippen LogP contribution < -0.4 is 14.8 Å². The normalized spacial score (nSPS) is 14.3. The van der Waals surface area contributed by atoms with Crippen LogP contribution in [0.3, 0.4) is 0 Å². The van der Waals surface area contributed by atoms with E-state index in [4.69, 9.17) is 14.2 Å². The van der Waals surface area contributed by atoms with Crippen LogP contribution in [0, 0.1) is 0 Å². The maximum Gasteiger partial charge on any atom is 0.310 e. The number of carbonyl (C=O) groups is 2. The van der Waals surface area contributed by atoms with Crippen LogP contribution in [0.25, 0.3) is 0 Å². The fraction of sp³-hybridized carbons (Fsp3) is 0.529. The zero-order chi connectivity index (χ0) is 16.7. The molecule has 1 N–H and O–H groups in total. The van der Waals surface area contributed by atoms with Gasteiger partial charge in [0.1, 0.15) is 0 Å². The zero-order valence-corrected chi connectivity index (χ0v) is 13.6. The van der Waals surface area contributed by atoms with Crippen molar-refractivity contribution in [3.8, 4) is 11.5 Å². The fourth-order valence-corrected chi connectivity index (χ4v) is 2.69. The number of nitrogens with one attached hydrogen (secondary N) is 1. The number of rotatable bonds is 7. The van der Waals surface area contributed by atoms with Crippen LogP contribution in [0.15, 0.2) is 18.2 Å². The van der Waals surface area contributed by atoms with Gasteiger partial charge in [0.15, 0.2) is 18.1 Å². The van der Waals surface area contributed by atoms with E-state index in [1.165, 1.54) is 7.11 Å². The Morgan fingerprint density at radius 2 is 1.83 bits per heavy atom. The van der Waals surface area contributed by atoms with Crippen molar-refractivity contribution < 1.29 is 23.8 Å². The van der Waals surface area contributed by atoms with E-state index in [2.05, 4.69) is 5.32 Å². The number of hydrogen-bond acceptors (Lipinski definition) is 5. The highest BCUT2D eigenvalue weighted by atomic mass is 16.5. The predicted octanol–water partition coefficient (Wildman–Crippen LogP) is 1.85. The van der Waals surface area contributed by atoms with Crippen molar-refractivity contribution in [3.63, 3.8) is 0 Å². The summed E-state index contributed by atoms with van der Waals surface area (Å²) in [4.78, 5) is 23.5. The summed E-state index contributed by atoms with van der Waals surface area (Å²) < 4.78 is 15.4. The highest BCUT2D eigenvalue weighted by Crippen LogP contribution is 2.27. The Balaban J connectivity index is 1.78. The van der Waals surface area contributed by atoms with Crippen molar-refractivity contribution in [2.75, 3.05) is 20.8 Å². The zero-order valence-electron chi connectivity index (χ0n) is 13.6. The topological polar surface area (TPSA) is 73.9 Å². The van der Waals surface area contributed by atoms with E-state index < -0.39 is 5.97 Å². The third-order valence-corrected chi connectivity index (χ3v) is 3.88. The molecule has 1 aromatic rings. The smallest absolute Gasteiger partial charge is 0.310 e. The molecule has 0 spiro atoms. The molecule has 0 saturated heterocycles. The summed E-state index contributed by atoms with van der Waals surface area (Å²) >= 11 is 0. The van der Waals surface area contributed by atoms with Gasteiger partial charge in [-0.15, -0.1) is 0 Å². The molecule has 0 aliphatic heterocycles. The van der Waals surface area contributed by atoms with Crippen LogP contribution in [-0.4, -0.2) is 38.7 Å². The van der Waals surface area contributed by atoms with E-state index in [0.29, 0.717) is 11.5 Å². The van der Waals surface area contributed by atoms with Crippen LogP contribution >= 0.6 is 0 Å². The average molecular weight is 321 g/mol. The lowest BCUT2D eigenvalue weighted by Gasteiger charge is -2.12. The summed E-state index contributed by atoms with van der Waals surface area (Å²) in [7, 11) is 3.09. The first kappa shape index (κ1) is 17.1. The predicted molar refractivity (Wildman–Crippen MR) is 84.6 cm³/mol. The molecule has 1 fully saturated rings. The van der Waals surface area contributed by atoms with Crippen LogP contribution in [0.5, 0.6) is 11.5 Å². The van der Waals surface area contributed by atoms with Crippen LogP contribution in [-0.2, 0) is 20.7 Å². The number of carbonyl (C=O) groups excluding carboxylic acids is 2. The van der Waals surface area contributed by atoms with Gasteiger partial charge in [0.2, 0.25) is 0 Å². The molecular weight excluding hydrogens is 298 g/mol. The molecule has 0 aromatic heterocycles. The van der Waals surface area contributed by atoms with Gasteiger partial charge in [0.25, 0.3) is 5.91 Å². The Morgan fingerprint density at radius 3 is 2.48 bits per heavy atom. The molecule has 2 rings (SSSR count). The van der Waals surface area contributed by atoms with Crippen LogP contribution in [0.2, 0.25) is 0 Å². The minimum Gasteiger partial charge on any atom is -0.493 e. The standard InChI is InChI=1S/C17H23NO5/c1-21-14-8-7-12(9-15(14)22-2)10-17(20)23-11-16(19)18-13-5-3-4-6-13/h7-9,13H,3-6,10-11H2,1-2H3,(H,18,19). The van der Waals surface area contributed by atoms with Gasteiger partial charge in [-0.25, -0.2) is 0 Å². The molecule has 1 saturated carbocycles. The summed E-state index contributed by atoms with van der Waals surface area (Å²) in [5.74, 6) is 0.466. The molecule has 0 bridgehead atoms. The molecule has 0 heterocycles. The molecule has 1 aliphatic rings. The number of ether oxygens (including phenoxy) is 3. The van der Waals surface area contributed by atoms with Crippen molar-refractivity contribution in [1.29, 1.82) is 0 Å². The maximum absolute atomic E-state index is 11.8. The molecule has 126 valence electrons. The van der Waals surface area contributed by atoms with Gasteiger partial charge < -0.3 is 19.5 Å². The van der Waals surface area contributed by atoms with E-state index in [-0.39, 0.29) is 25.0 Å². The highest BCUT2D eigenvalue weighted by molar-refractivity contribution is 5.81. The number of hydrogen-bond donors (Lipinski definition) is 1. The molecule has 6 nitrogen and oxygen atoms in total. The van der Waals surface area contributed by atoms with Crippen molar-refractivity contribution in [2.24, 2.45) is 0 Å². The minimum atomic E-state index is -0.446. The first-order valence-corrected chi connectivity index (χ1v) is 7.78. The first-order chi connectivity index (χ1) is 11.1. The molecule has 1 amide bonds. The minimum absolute atomic E-state index is 0.0804. The van der Waals surface area contributed by atoms with Crippen molar-refractivity contribution in [2.45, 2.75) is 38.1 Å². The Hall–Kier alpha value is -2.24. The average Bonchev–Trinajstić information content (AvgIpc) is 3.05. The number of methoxy groups -OCH3 is 2. The Kier molecular flexibility index (Phi) is 6.26. The molecule has 0 atom stereocenters. The number of esters is 1. The van der Waals surface area contributed by atoms with E-state index in [1.807, 2.05) is 0 Å². The molecule has 0 radical (unpaired) electrons. The lowest BCUT2D eigenvalue weighted by Crippen LogP contribution is -2.36. The summed E-state index contributed by atoms with van der Waals surface area (Å²) in [6, 6.07) is 5.45. The van der Waals surface area contributed by atoms with E-state index in [1.54, 1.807) is 25.3 Å². The van der Waals surface area contributed by atoms with E-state index in [0.717, 1.165) is 31.2 Å². The van der Waals surface area contributed by atoms with E-state index in [9.17, 15) is 9.59 Å². The summed E-state index contributed by atoms with van der Waals surface area (Å²) in [5.41, 5.74) is 0.740. The van der Waals surface area contributed by atoms with Crippen molar-refractivity contribution in [3.05, 3.63) is 23.8 Å². The Labute approximate surface area is 136 Å². The van der Waals surface area contributed by atoms with Gasteiger partial charge in [0, 0.05) is 6.04 Å². The highest BCUT2D eigenvalue weighted by Gasteiger charge is 2.18. The van der Waals surface area contributed by atoms with Crippen molar-refractivity contribution >= 4 is 11.9 Å². The van der Waals surface area contributed by atoms with Gasteiger partial charge in [-0.05, 0) is 30.5 Å². The van der Waals surface area contributed by atoms with Crippen LogP contribution in [0.1, 0.15) is 31.2 Å². The van der Waals surface area contributed by atoms with Gasteiger partial charge in [-0.2, -0.15) is 0 Å². The summed E-state index contributed by atoms with van der Waals surface area (Å²) in [6.07, 6.45) is 4.38. The lowest BCUT2D eigenvalue weighted by molar-refractivity contribution is -0.148.